The first kappa shape index (κ1) is 22.1. The Bertz CT molecular complexity index is 1060. The molecule has 2 aliphatic rings. The van der Waals surface area contributed by atoms with Gasteiger partial charge in [0.2, 0.25) is 10.0 Å². The summed E-state index contributed by atoms with van der Waals surface area (Å²) in [5, 5.41) is 0. The van der Waals surface area contributed by atoms with Crippen LogP contribution in [0.4, 0.5) is 5.69 Å². The molecule has 2 aliphatic heterocycles. The maximum absolute atomic E-state index is 13.2. The number of nitrogens with one attached hydrogen (secondary N) is 1. The molecule has 1 N–H and O–H groups in total. The molecule has 2 aromatic rings. The molecule has 0 unspecified atom stereocenters. The van der Waals surface area contributed by atoms with Crippen LogP contribution in [-0.4, -0.2) is 53.7 Å². The molecule has 0 spiro atoms. The van der Waals surface area contributed by atoms with E-state index in [2.05, 4.69) is 39.8 Å². The highest BCUT2D eigenvalue weighted by molar-refractivity contribution is 7.89. The van der Waals surface area contributed by atoms with Crippen molar-refractivity contribution in [2.45, 2.75) is 44.0 Å². The molecular formula is C24H33N3O3S. The summed E-state index contributed by atoms with van der Waals surface area (Å²) >= 11 is 0. The summed E-state index contributed by atoms with van der Waals surface area (Å²) in [6, 6.07) is 10.1. The fourth-order valence-electron chi connectivity index (χ4n) is 4.70. The highest BCUT2D eigenvalue weighted by atomic mass is 32.2. The Morgan fingerprint density at radius 3 is 2.48 bits per heavy atom. The average molecular weight is 444 g/mol. The molecule has 2 heterocycles. The molecule has 0 bridgehead atoms. The van der Waals surface area contributed by atoms with E-state index in [-0.39, 0.29) is 10.9 Å². The van der Waals surface area contributed by atoms with Crippen molar-refractivity contribution in [3.05, 3.63) is 52.6 Å². The first-order valence-corrected chi connectivity index (χ1v) is 12.5. The standard InChI is InChI=1S/C24H33N3O3S/c1-17-13-23(30-4)24(14-18(17)2)31(28,29)25-16-22(27-10-5-6-11-27)19-7-8-21-20(15-19)9-12-26(21)3/h7-8,13-15,22,25H,5-6,9-12,16H2,1-4H3/t22-/m1/s1. The number of fused-ring (bicyclic) bond motifs is 1. The van der Waals surface area contributed by atoms with Gasteiger partial charge in [0.15, 0.2) is 0 Å². The van der Waals surface area contributed by atoms with Gasteiger partial charge in [0, 0.05) is 31.9 Å². The Morgan fingerprint density at radius 2 is 1.77 bits per heavy atom. The van der Waals surface area contributed by atoms with Crippen molar-refractivity contribution in [1.82, 2.24) is 9.62 Å². The molecular weight excluding hydrogens is 410 g/mol. The van der Waals surface area contributed by atoms with Gasteiger partial charge >= 0.3 is 0 Å². The first-order chi connectivity index (χ1) is 14.8. The number of aryl methyl sites for hydroxylation is 2. The number of rotatable bonds is 7. The molecule has 6 nitrogen and oxygen atoms in total. The van der Waals surface area contributed by atoms with E-state index < -0.39 is 10.0 Å². The summed E-state index contributed by atoms with van der Waals surface area (Å²) in [6.07, 6.45) is 3.35. The van der Waals surface area contributed by atoms with E-state index in [1.165, 1.54) is 23.9 Å². The average Bonchev–Trinajstić information content (AvgIpc) is 3.40. The van der Waals surface area contributed by atoms with Gasteiger partial charge in [-0.3, -0.25) is 4.90 Å². The van der Waals surface area contributed by atoms with Gasteiger partial charge < -0.3 is 9.64 Å². The molecule has 31 heavy (non-hydrogen) atoms. The van der Waals surface area contributed by atoms with Gasteiger partial charge in [-0.2, -0.15) is 0 Å². The molecule has 0 aromatic heterocycles. The van der Waals surface area contributed by atoms with Gasteiger partial charge in [-0.25, -0.2) is 13.1 Å². The summed E-state index contributed by atoms with van der Waals surface area (Å²) in [5.74, 6) is 0.383. The summed E-state index contributed by atoms with van der Waals surface area (Å²) in [4.78, 5) is 4.88. The van der Waals surface area contributed by atoms with Gasteiger partial charge in [-0.15, -0.1) is 0 Å². The molecule has 7 heteroatoms. The Balaban J connectivity index is 1.61. The van der Waals surface area contributed by atoms with Crippen molar-refractivity contribution in [1.29, 1.82) is 0 Å². The number of benzene rings is 2. The van der Waals surface area contributed by atoms with Crippen LogP contribution in [-0.2, 0) is 16.4 Å². The Hall–Kier alpha value is -2.09. The lowest BCUT2D eigenvalue weighted by Gasteiger charge is -2.29. The van der Waals surface area contributed by atoms with Crippen LogP contribution in [0.1, 0.15) is 41.1 Å². The number of hydrogen-bond acceptors (Lipinski definition) is 5. The van der Waals surface area contributed by atoms with Crippen molar-refractivity contribution in [2.75, 3.05) is 45.2 Å². The van der Waals surface area contributed by atoms with Crippen LogP contribution in [0.25, 0.3) is 0 Å². The third kappa shape index (κ3) is 4.45. The van der Waals surface area contributed by atoms with E-state index in [0.717, 1.165) is 50.0 Å². The van der Waals surface area contributed by atoms with Crippen molar-refractivity contribution in [3.8, 4) is 5.75 Å². The number of likely N-dealkylation sites (N-methyl/N-ethyl adjacent to an activating group) is 1. The lowest BCUT2D eigenvalue weighted by Crippen LogP contribution is -2.37. The number of likely N-dealkylation sites (tertiary alicyclic amines) is 1. The third-order valence-electron chi connectivity index (χ3n) is 6.73. The number of ether oxygens (including phenoxy) is 1. The number of anilines is 1. The minimum absolute atomic E-state index is 0.0195. The molecule has 1 fully saturated rings. The van der Waals surface area contributed by atoms with Crippen LogP contribution in [0.2, 0.25) is 0 Å². The molecule has 1 atom stereocenters. The predicted octanol–water partition coefficient (Wildman–Crippen LogP) is 3.42. The molecule has 1 saturated heterocycles. The largest absolute Gasteiger partial charge is 0.495 e. The van der Waals surface area contributed by atoms with Crippen LogP contribution in [0.5, 0.6) is 5.75 Å². The summed E-state index contributed by atoms with van der Waals surface area (Å²) in [6.45, 7) is 7.24. The minimum Gasteiger partial charge on any atom is -0.495 e. The van der Waals surface area contributed by atoms with Crippen molar-refractivity contribution < 1.29 is 13.2 Å². The smallest absolute Gasteiger partial charge is 0.244 e. The van der Waals surface area contributed by atoms with Crippen LogP contribution in [0.3, 0.4) is 0 Å². The Morgan fingerprint density at radius 1 is 1.06 bits per heavy atom. The van der Waals surface area contributed by atoms with Crippen LogP contribution < -0.4 is 14.4 Å². The number of methoxy groups -OCH3 is 1. The molecule has 0 radical (unpaired) electrons. The van der Waals surface area contributed by atoms with E-state index in [1.807, 2.05) is 13.8 Å². The van der Waals surface area contributed by atoms with Crippen molar-refractivity contribution in [3.63, 3.8) is 0 Å². The highest BCUT2D eigenvalue weighted by Crippen LogP contribution is 2.33. The molecule has 0 amide bonds. The van der Waals surface area contributed by atoms with Crippen LogP contribution in [0.15, 0.2) is 35.2 Å². The van der Waals surface area contributed by atoms with E-state index in [0.29, 0.717) is 12.3 Å². The van der Waals surface area contributed by atoms with E-state index in [9.17, 15) is 8.42 Å². The molecule has 4 rings (SSSR count). The summed E-state index contributed by atoms with van der Waals surface area (Å²) in [7, 11) is -0.0739. The second-order valence-corrected chi connectivity index (χ2v) is 10.5. The predicted molar refractivity (Wildman–Crippen MR) is 125 cm³/mol. The fourth-order valence-corrected chi connectivity index (χ4v) is 5.98. The van der Waals surface area contributed by atoms with Gasteiger partial charge in [0.1, 0.15) is 10.6 Å². The second kappa shape index (κ2) is 8.81. The van der Waals surface area contributed by atoms with Crippen LogP contribution in [0, 0.1) is 13.8 Å². The number of nitrogens with zero attached hydrogens (tertiary/aromatic N) is 2. The van der Waals surface area contributed by atoms with Gasteiger partial charge in [0.25, 0.3) is 0 Å². The van der Waals surface area contributed by atoms with E-state index >= 15 is 0 Å². The SMILES string of the molecule is COc1cc(C)c(C)cc1S(=O)(=O)NC[C@H](c1ccc2c(c1)CCN2C)N1CCCC1. The Kier molecular flexibility index (Phi) is 6.28. The van der Waals surface area contributed by atoms with Gasteiger partial charge in [0.05, 0.1) is 7.11 Å². The zero-order valence-electron chi connectivity index (χ0n) is 18.9. The highest BCUT2D eigenvalue weighted by Gasteiger charge is 2.28. The topological polar surface area (TPSA) is 61.9 Å². The van der Waals surface area contributed by atoms with E-state index in [1.54, 1.807) is 12.1 Å². The summed E-state index contributed by atoms with van der Waals surface area (Å²) < 4.78 is 34.8. The molecule has 0 aliphatic carbocycles. The summed E-state index contributed by atoms with van der Waals surface area (Å²) in [5.41, 5.74) is 5.76. The van der Waals surface area contributed by atoms with Crippen molar-refractivity contribution in [2.24, 2.45) is 0 Å². The zero-order valence-corrected chi connectivity index (χ0v) is 19.8. The molecule has 0 saturated carbocycles. The Labute approximate surface area is 186 Å². The molecule has 2 aromatic carbocycles. The fraction of sp³-hybridized carbons (Fsp3) is 0.500. The van der Waals surface area contributed by atoms with Gasteiger partial charge in [-0.05, 0) is 86.7 Å². The number of hydrogen-bond donors (Lipinski definition) is 1. The first-order valence-electron chi connectivity index (χ1n) is 11.0. The van der Waals surface area contributed by atoms with Crippen molar-refractivity contribution >= 4 is 15.7 Å². The minimum atomic E-state index is -3.71. The van der Waals surface area contributed by atoms with Gasteiger partial charge in [-0.1, -0.05) is 12.1 Å². The van der Waals surface area contributed by atoms with E-state index in [4.69, 9.17) is 4.74 Å². The monoisotopic (exact) mass is 443 g/mol. The quantitative estimate of drug-likeness (QED) is 0.711. The third-order valence-corrected chi connectivity index (χ3v) is 8.18. The maximum atomic E-state index is 13.2. The normalized spacial score (nSPS) is 17.7. The zero-order chi connectivity index (χ0) is 22.2. The lowest BCUT2D eigenvalue weighted by molar-refractivity contribution is 0.246. The van der Waals surface area contributed by atoms with Crippen LogP contribution >= 0.6 is 0 Å². The lowest BCUT2D eigenvalue weighted by atomic mass is 10.0. The maximum Gasteiger partial charge on any atom is 0.244 e. The molecule has 168 valence electrons. The second-order valence-electron chi connectivity index (χ2n) is 8.76. The number of sulfonamides is 1.